The van der Waals surface area contributed by atoms with Crippen LogP contribution >= 0.6 is 23.1 Å². The van der Waals surface area contributed by atoms with Gasteiger partial charge in [-0.1, -0.05) is 0 Å². The number of carboxylic acids is 1. The zero-order chi connectivity index (χ0) is 12.9. The van der Waals surface area contributed by atoms with E-state index in [1.54, 1.807) is 11.8 Å². The largest absolute Gasteiger partial charge is 0.476 e. The molecule has 0 saturated carbocycles. The Hall–Kier alpha value is -0.640. The van der Waals surface area contributed by atoms with E-state index in [1.165, 1.54) is 5.51 Å². The summed E-state index contributed by atoms with van der Waals surface area (Å²) < 4.78 is 25.7. The fourth-order valence-corrected chi connectivity index (χ4v) is 3.75. The summed E-state index contributed by atoms with van der Waals surface area (Å²) in [5, 5.41) is 8.78. The summed E-state index contributed by atoms with van der Waals surface area (Å²) in [4.78, 5) is 14.3. The lowest BCUT2D eigenvalue weighted by atomic mass is 10.5. The van der Waals surface area contributed by atoms with Crippen LogP contribution in [0.1, 0.15) is 16.9 Å². The summed E-state index contributed by atoms with van der Waals surface area (Å²) in [6.45, 7) is 0.292. The van der Waals surface area contributed by atoms with E-state index in [4.69, 9.17) is 5.11 Å². The third kappa shape index (κ3) is 3.95. The molecule has 17 heavy (non-hydrogen) atoms. The lowest BCUT2D eigenvalue weighted by molar-refractivity contribution is 0.0687. The zero-order valence-corrected chi connectivity index (χ0v) is 11.5. The number of rotatable bonds is 7. The summed E-state index contributed by atoms with van der Waals surface area (Å²) in [6.07, 6.45) is 2.63. The Kier molecular flexibility index (Phi) is 5.37. The maximum Gasteiger partial charge on any atom is 0.356 e. The van der Waals surface area contributed by atoms with Gasteiger partial charge in [0.1, 0.15) is 0 Å². The van der Waals surface area contributed by atoms with Crippen LogP contribution in [0, 0.1) is 0 Å². The van der Waals surface area contributed by atoms with E-state index in [0.29, 0.717) is 13.0 Å². The number of hydrogen-bond donors (Lipinski definition) is 2. The average Bonchev–Trinajstić information content (AvgIpc) is 2.74. The van der Waals surface area contributed by atoms with Crippen molar-refractivity contribution in [3.8, 4) is 0 Å². The average molecular weight is 296 g/mol. The van der Waals surface area contributed by atoms with Crippen molar-refractivity contribution in [3.05, 3.63) is 11.2 Å². The first-order valence-corrected chi connectivity index (χ1v) is 8.40. The molecule has 1 heterocycles. The van der Waals surface area contributed by atoms with Gasteiger partial charge in [-0.2, -0.15) is 11.8 Å². The number of carboxylic acid groups (broad SMARTS) is 1. The molecule has 1 aromatic rings. The minimum absolute atomic E-state index is 0.242. The molecule has 0 aliphatic rings. The SMILES string of the molecule is CSCCCNS(=O)(=O)c1scnc1C(=O)O. The van der Waals surface area contributed by atoms with E-state index in [1.807, 2.05) is 6.26 Å². The monoisotopic (exact) mass is 296 g/mol. The number of nitrogens with one attached hydrogen (secondary N) is 1. The van der Waals surface area contributed by atoms with Crippen LogP contribution in [0.5, 0.6) is 0 Å². The standard InChI is InChI=1S/C8H12N2O4S3/c1-15-4-2-3-10-17(13,14)8-6(7(11)12)9-5-16-8/h5,10H,2-4H2,1H3,(H,11,12). The normalized spacial score (nSPS) is 11.6. The van der Waals surface area contributed by atoms with Crippen molar-refractivity contribution in [2.24, 2.45) is 0 Å². The smallest absolute Gasteiger partial charge is 0.356 e. The predicted octanol–water partition coefficient (Wildman–Crippen LogP) is 0.873. The molecule has 1 rings (SSSR count). The van der Waals surface area contributed by atoms with Gasteiger partial charge in [-0.3, -0.25) is 0 Å². The van der Waals surface area contributed by atoms with Crippen LogP contribution in [0.2, 0.25) is 0 Å². The Labute approximate surface area is 108 Å². The van der Waals surface area contributed by atoms with E-state index in [0.717, 1.165) is 17.1 Å². The molecule has 0 spiro atoms. The lowest BCUT2D eigenvalue weighted by Crippen LogP contribution is -2.26. The third-order valence-corrected chi connectivity index (χ3v) is 5.33. The Morgan fingerprint density at radius 2 is 2.35 bits per heavy atom. The number of thioether (sulfide) groups is 1. The molecule has 0 bridgehead atoms. The van der Waals surface area contributed by atoms with Gasteiger partial charge in [-0.05, 0) is 18.4 Å². The molecule has 0 radical (unpaired) electrons. The van der Waals surface area contributed by atoms with Crippen LogP contribution in [0.4, 0.5) is 0 Å². The van der Waals surface area contributed by atoms with Crippen molar-refractivity contribution in [2.75, 3.05) is 18.6 Å². The first kappa shape index (κ1) is 14.4. The Morgan fingerprint density at radius 1 is 1.65 bits per heavy atom. The van der Waals surface area contributed by atoms with Gasteiger partial charge >= 0.3 is 5.97 Å². The molecule has 2 N–H and O–H groups in total. The minimum Gasteiger partial charge on any atom is -0.476 e. The highest BCUT2D eigenvalue weighted by atomic mass is 32.2. The first-order valence-electron chi connectivity index (χ1n) is 4.64. The molecule has 0 amide bonds. The van der Waals surface area contributed by atoms with E-state index in [-0.39, 0.29) is 4.21 Å². The lowest BCUT2D eigenvalue weighted by Gasteiger charge is -2.04. The molecule has 6 nitrogen and oxygen atoms in total. The highest BCUT2D eigenvalue weighted by Crippen LogP contribution is 2.19. The van der Waals surface area contributed by atoms with Crippen LogP contribution in [0.3, 0.4) is 0 Å². The summed E-state index contributed by atoms with van der Waals surface area (Å²) in [5.74, 6) is -0.493. The van der Waals surface area contributed by atoms with Gasteiger partial charge in [0.15, 0.2) is 9.90 Å². The summed E-state index contributed by atoms with van der Waals surface area (Å²) >= 11 is 2.42. The van der Waals surface area contributed by atoms with Gasteiger partial charge in [0, 0.05) is 6.54 Å². The van der Waals surface area contributed by atoms with Crippen LogP contribution in [-0.4, -0.2) is 43.0 Å². The molecule has 0 unspecified atom stereocenters. The second-order valence-electron chi connectivity index (χ2n) is 3.04. The van der Waals surface area contributed by atoms with Crippen LogP contribution < -0.4 is 4.72 Å². The van der Waals surface area contributed by atoms with E-state index in [9.17, 15) is 13.2 Å². The van der Waals surface area contributed by atoms with E-state index >= 15 is 0 Å². The molecule has 0 saturated heterocycles. The topological polar surface area (TPSA) is 96.4 Å². The van der Waals surface area contributed by atoms with Crippen molar-refractivity contribution >= 4 is 39.1 Å². The molecule has 96 valence electrons. The highest BCUT2D eigenvalue weighted by molar-refractivity contribution is 7.98. The van der Waals surface area contributed by atoms with Gasteiger partial charge in [-0.15, -0.1) is 11.3 Å². The van der Waals surface area contributed by atoms with Crippen molar-refractivity contribution in [3.63, 3.8) is 0 Å². The molecule has 0 aliphatic heterocycles. The van der Waals surface area contributed by atoms with Gasteiger partial charge in [0.05, 0.1) is 5.51 Å². The number of sulfonamides is 1. The number of hydrogen-bond acceptors (Lipinski definition) is 6. The summed E-state index contributed by atoms with van der Waals surface area (Å²) in [5.41, 5.74) is 0.785. The molecule has 1 aromatic heterocycles. The third-order valence-electron chi connectivity index (χ3n) is 1.80. The maximum absolute atomic E-state index is 11.8. The summed E-state index contributed by atoms with van der Waals surface area (Å²) in [7, 11) is -3.76. The van der Waals surface area contributed by atoms with Gasteiger partial charge in [0.2, 0.25) is 0 Å². The minimum atomic E-state index is -3.76. The fourth-order valence-electron chi connectivity index (χ4n) is 1.06. The Bertz CT molecular complexity index is 483. The number of carbonyl (C=O) groups is 1. The second-order valence-corrected chi connectivity index (χ2v) is 6.84. The number of thiazole rings is 1. The van der Waals surface area contributed by atoms with E-state index in [2.05, 4.69) is 9.71 Å². The molecule has 9 heteroatoms. The Morgan fingerprint density at radius 3 is 2.94 bits per heavy atom. The number of nitrogens with zero attached hydrogens (tertiary/aromatic N) is 1. The molecular weight excluding hydrogens is 284 g/mol. The van der Waals surface area contributed by atoms with Gasteiger partial charge in [0.25, 0.3) is 10.0 Å². The molecule has 0 aromatic carbocycles. The molecule has 0 fully saturated rings. The predicted molar refractivity (Wildman–Crippen MR) is 67.3 cm³/mol. The van der Waals surface area contributed by atoms with Gasteiger partial charge < -0.3 is 5.11 Å². The van der Waals surface area contributed by atoms with Gasteiger partial charge in [-0.25, -0.2) is 22.9 Å². The van der Waals surface area contributed by atoms with E-state index < -0.39 is 21.7 Å². The second kappa shape index (κ2) is 6.34. The van der Waals surface area contributed by atoms with Crippen LogP contribution in [0.25, 0.3) is 0 Å². The zero-order valence-electron chi connectivity index (χ0n) is 9.04. The van der Waals surface area contributed by atoms with Crippen molar-refractivity contribution in [1.29, 1.82) is 0 Å². The highest BCUT2D eigenvalue weighted by Gasteiger charge is 2.24. The van der Waals surface area contributed by atoms with Crippen molar-refractivity contribution in [1.82, 2.24) is 9.71 Å². The van der Waals surface area contributed by atoms with Crippen molar-refractivity contribution < 1.29 is 18.3 Å². The molecule has 0 aliphatic carbocycles. The number of aromatic carboxylic acids is 1. The Balaban J connectivity index is 2.76. The number of aromatic nitrogens is 1. The van der Waals surface area contributed by atoms with Crippen LogP contribution in [-0.2, 0) is 10.0 Å². The molecular formula is C8H12N2O4S3. The quantitative estimate of drug-likeness (QED) is 0.725. The summed E-state index contributed by atoms with van der Waals surface area (Å²) in [6, 6.07) is 0. The molecule has 0 atom stereocenters. The fraction of sp³-hybridized carbons (Fsp3) is 0.500. The van der Waals surface area contributed by atoms with Crippen LogP contribution in [0.15, 0.2) is 9.72 Å². The first-order chi connectivity index (χ1) is 7.99. The maximum atomic E-state index is 11.8. The van der Waals surface area contributed by atoms with Crippen molar-refractivity contribution in [2.45, 2.75) is 10.6 Å².